The lowest BCUT2D eigenvalue weighted by atomic mass is 10.1. The Kier molecular flexibility index (Phi) is 2.12. The molecule has 17 heavy (non-hydrogen) atoms. The maximum absolute atomic E-state index is 11.1. The largest absolute Gasteiger partial charge is 0.478 e. The van der Waals surface area contributed by atoms with Gasteiger partial charge in [-0.2, -0.15) is 9.61 Å². The summed E-state index contributed by atoms with van der Waals surface area (Å²) < 4.78 is 1.53. The van der Waals surface area contributed by atoms with Crippen LogP contribution >= 0.6 is 11.3 Å². The normalized spacial score (nSPS) is 10.8. The number of rotatable bonds is 2. The van der Waals surface area contributed by atoms with E-state index in [1.165, 1.54) is 22.2 Å². The average Bonchev–Trinajstić information content (AvgIpc) is 2.88. The number of benzene rings is 1. The van der Waals surface area contributed by atoms with Gasteiger partial charge < -0.3 is 5.11 Å². The first-order chi connectivity index (χ1) is 8.25. The molecule has 0 unspecified atom stereocenters. The number of fused-ring (bicyclic) bond motifs is 1. The molecule has 3 aromatic rings. The van der Waals surface area contributed by atoms with E-state index >= 15 is 0 Å². The summed E-state index contributed by atoms with van der Waals surface area (Å²) >= 11 is 1.30. The Bertz CT molecular complexity index is 674. The van der Waals surface area contributed by atoms with Crippen LogP contribution in [0.25, 0.3) is 15.5 Å². The third kappa shape index (κ3) is 1.56. The molecule has 1 aromatic carbocycles. The minimum absolute atomic E-state index is 0.234. The van der Waals surface area contributed by atoms with Crippen molar-refractivity contribution in [3.63, 3.8) is 0 Å². The molecule has 84 valence electrons. The molecule has 0 atom stereocenters. The van der Waals surface area contributed by atoms with Crippen molar-refractivity contribution in [2.45, 2.75) is 0 Å². The van der Waals surface area contributed by atoms with Crippen molar-refractivity contribution in [1.29, 1.82) is 0 Å². The third-order valence-electron chi connectivity index (χ3n) is 2.27. The predicted octanol–water partition coefficient (Wildman–Crippen LogP) is 1.55. The Morgan fingerprint density at radius 2 is 2.18 bits per heavy atom. The first-order valence-electron chi connectivity index (χ1n) is 4.75. The van der Waals surface area contributed by atoms with Crippen LogP contribution in [0.2, 0.25) is 0 Å². The van der Waals surface area contributed by atoms with E-state index in [4.69, 9.17) is 5.11 Å². The zero-order valence-corrected chi connectivity index (χ0v) is 9.26. The van der Waals surface area contributed by atoms with Gasteiger partial charge in [-0.25, -0.2) is 4.79 Å². The molecule has 0 amide bonds. The highest BCUT2D eigenvalue weighted by atomic mass is 32.1. The second kappa shape index (κ2) is 3.63. The molecule has 0 aliphatic rings. The molecule has 6 nitrogen and oxygen atoms in total. The first-order valence-corrected chi connectivity index (χ1v) is 5.57. The van der Waals surface area contributed by atoms with Crippen molar-refractivity contribution in [3.8, 4) is 10.6 Å². The van der Waals surface area contributed by atoms with Gasteiger partial charge in [-0.15, -0.1) is 10.2 Å². The van der Waals surface area contributed by atoms with E-state index in [1.54, 1.807) is 24.3 Å². The highest BCUT2D eigenvalue weighted by Crippen LogP contribution is 2.27. The van der Waals surface area contributed by atoms with Crippen molar-refractivity contribution in [2.75, 3.05) is 0 Å². The van der Waals surface area contributed by atoms with Crippen molar-refractivity contribution >= 4 is 22.3 Å². The van der Waals surface area contributed by atoms with Crippen molar-refractivity contribution in [1.82, 2.24) is 19.8 Å². The number of carbonyl (C=O) groups is 1. The quantitative estimate of drug-likeness (QED) is 0.742. The van der Waals surface area contributed by atoms with E-state index in [2.05, 4.69) is 15.3 Å². The smallest absolute Gasteiger partial charge is 0.336 e. The summed E-state index contributed by atoms with van der Waals surface area (Å²) in [5.74, 6) is -0.966. The maximum Gasteiger partial charge on any atom is 0.336 e. The first kappa shape index (κ1) is 9.91. The molecular formula is C10H6N4O2S. The van der Waals surface area contributed by atoms with Crippen LogP contribution in [0, 0.1) is 0 Å². The Morgan fingerprint density at radius 3 is 2.94 bits per heavy atom. The number of carboxylic acids is 1. The van der Waals surface area contributed by atoms with Crippen LogP contribution in [-0.4, -0.2) is 30.9 Å². The van der Waals surface area contributed by atoms with Gasteiger partial charge in [0.1, 0.15) is 11.3 Å². The van der Waals surface area contributed by atoms with Crippen molar-refractivity contribution in [3.05, 3.63) is 36.2 Å². The van der Waals surface area contributed by atoms with Crippen LogP contribution in [0.3, 0.4) is 0 Å². The predicted molar refractivity (Wildman–Crippen MR) is 61.1 cm³/mol. The van der Waals surface area contributed by atoms with Gasteiger partial charge in [-0.3, -0.25) is 0 Å². The minimum atomic E-state index is -0.966. The number of carboxylic acid groups (broad SMARTS) is 1. The van der Waals surface area contributed by atoms with Gasteiger partial charge in [0.25, 0.3) is 0 Å². The number of aromatic nitrogens is 4. The standard InChI is InChI=1S/C10H6N4O2S/c15-9(16)7-4-2-1-3-6(7)8-13-14-5-11-12-10(14)17-8/h1-5H,(H,15,16). The van der Waals surface area contributed by atoms with E-state index in [0.29, 0.717) is 15.5 Å². The molecule has 0 saturated heterocycles. The molecule has 7 heteroatoms. The van der Waals surface area contributed by atoms with Crippen molar-refractivity contribution in [2.24, 2.45) is 0 Å². The molecule has 0 bridgehead atoms. The molecule has 0 fully saturated rings. The van der Waals surface area contributed by atoms with Crippen LogP contribution in [0.1, 0.15) is 10.4 Å². The van der Waals surface area contributed by atoms with E-state index in [1.807, 2.05) is 0 Å². The molecule has 2 heterocycles. The van der Waals surface area contributed by atoms with E-state index in [0.717, 1.165) is 0 Å². The topological polar surface area (TPSA) is 80.4 Å². The van der Waals surface area contributed by atoms with E-state index < -0.39 is 5.97 Å². The number of aromatic carboxylic acids is 1. The molecule has 0 spiro atoms. The fourth-order valence-corrected chi connectivity index (χ4v) is 2.38. The molecule has 0 aliphatic heterocycles. The number of hydrogen-bond donors (Lipinski definition) is 1. The second-order valence-electron chi connectivity index (χ2n) is 3.32. The fourth-order valence-electron chi connectivity index (χ4n) is 1.52. The van der Waals surface area contributed by atoms with Gasteiger partial charge in [0.2, 0.25) is 4.96 Å². The lowest BCUT2D eigenvalue weighted by Crippen LogP contribution is -1.99. The van der Waals surface area contributed by atoms with E-state index in [9.17, 15) is 4.79 Å². The molecule has 0 aliphatic carbocycles. The van der Waals surface area contributed by atoms with Gasteiger partial charge in [0, 0.05) is 5.56 Å². The zero-order valence-electron chi connectivity index (χ0n) is 8.44. The fraction of sp³-hybridized carbons (Fsp3) is 0. The van der Waals surface area contributed by atoms with Crippen LogP contribution in [0.5, 0.6) is 0 Å². The summed E-state index contributed by atoms with van der Waals surface area (Å²) in [6.07, 6.45) is 1.48. The average molecular weight is 246 g/mol. The molecule has 0 saturated carbocycles. The summed E-state index contributed by atoms with van der Waals surface area (Å²) in [7, 11) is 0. The Balaban J connectivity index is 2.21. The van der Waals surface area contributed by atoms with Gasteiger partial charge in [-0.05, 0) is 6.07 Å². The lowest BCUT2D eigenvalue weighted by Gasteiger charge is -2.00. The van der Waals surface area contributed by atoms with Gasteiger partial charge >= 0.3 is 5.97 Å². The monoisotopic (exact) mass is 246 g/mol. The van der Waals surface area contributed by atoms with Crippen molar-refractivity contribution < 1.29 is 9.90 Å². The van der Waals surface area contributed by atoms with Crippen LogP contribution in [0.4, 0.5) is 0 Å². The summed E-state index contributed by atoms with van der Waals surface area (Å²) in [5.41, 5.74) is 0.827. The number of hydrogen-bond acceptors (Lipinski definition) is 5. The van der Waals surface area contributed by atoms with Gasteiger partial charge in [0.05, 0.1) is 5.56 Å². The number of nitrogens with zero attached hydrogens (tertiary/aromatic N) is 4. The Hall–Kier alpha value is -2.28. The molecule has 2 aromatic heterocycles. The molecule has 1 N–H and O–H groups in total. The summed E-state index contributed by atoms with van der Waals surface area (Å²) in [6.45, 7) is 0. The third-order valence-corrected chi connectivity index (χ3v) is 3.22. The minimum Gasteiger partial charge on any atom is -0.478 e. The molecule has 3 rings (SSSR count). The summed E-state index contributed by atoms with van der Waals surface area (Å²) in [4.78, 5) is 11.7. The van der Waals surface area contributed by atoms with Gasteiger partial charge in [0.15, 0.2) is 0 Å². The highest BCUT2D eigenvalue weighted by Gasteiger charge is 2.15. The molecule has 0 radical (unpaired) electrons. The van der Waals surface area contributed by atoms with Crippen LogP contribution in [0.15, 0.2) is 30.6 Å². The second-order valence-corrected chi connectivity index (χ2v) is 4.27. The van der Waals surface area contributed by atoms with E-state index in [-0.39, 0.29) is 5.56 Å². The SMILES string of the molecule is O=C(O)c1ccccc1-c1nn2cnnc2s1. The maximum atomic E-state index is 11.1. The Morgan fingerprint density at radius 1 is 1.35 bits per heavy atom. The highest BCUT2D eigenvalue weighted by molar-refractivity contribution is 7.19. The van der Waals surface area contributed by atoms with Crippen LogP contribution in [-0.2, 0) is 0 Å². The van der Waals surface area contributed by atoms with Crippen LogP contribution < -0.4 is 0 Å². The summed E-state index contributed by atoms with van der Waals surface area (Å²) in [5, 5.41) is 21.5. The summed E-state index contributed by atoms with van der Waals surface area (Å²) in [6, 6.07) is 6.76. The molecular weight excluding hydrogens is 240 g/mol. The zero-order chi connectivity index (χ0) is 11.8. The lowest BCUT2D eigenvalue weighted by molar-refractivity contribution is 0.0697. The Labute approximate surface area is 99.2 Å². The van der Waals surface area contributed by atoms with Gasteiger partial charge in [-0.1, -0.05) is 29.5 Å².